The van der Waals surface area contributed by atoms with E-state index in [1.807, 2.05) is 31.3 Å². The van der Waals surface area contributed by atoms with Crippen molar-refractivity contribution < 1.29 is 5.11 Å². The average molecular weight is 245 g/mol. The largest absolute Gasteiger partial charge is 0.395 e. The van der Waals surface area contributed by atoms with E-state index in [1.165, 1.54) is 5.56 Å². The molecule has 4 heteroatoms. The third-order valence-corrected chi connectivity index (χ3v) is 3.06. The molecule has 0 fully saturated rings. The van der Waals surface area contributed by atoms with Crippen molar-refractivity contribution in [2.45, 2.75) is 25.9 Å². The lowest BCUT2D eigenvalue weighted by Gasteiger charge is -2.16. The average Bonchev–Trinajstić information content (AvgIpc) is 2.81. The predicted octanol–water partition coefficient (Wildman–Crippen LogP) is 1.41. The van der Waals surface area contributed by atoms with Crippen molar-refractivity contribution in [2.75, 3.05) is 6.61 Å². The van der Waals surface area contributed by atoms with Crippen molar-refractivity contribution in [2.24, 2.45) is 0 Å². The molecule has 0 saturated heterocycles. The highest BCUT2D eigenvalue weighted by Crippen LogP contribution is 2.06. The maximum atomic E-state index is 9.40. The van der Waals surface area contributed by atoms with Crippen molar-refractivity contribution in [3.63, 3.8) is 0 Å². The van der Waals surface area contributed by atoms with Crippen LogP contribution in [-0.4, -0.2) is 28.0 Å². The zero-order chi connectivity index (χ0) is 12.8. The summed E-state index contributed by atoms with van der Waals surface area (Å²) in [7, 11) is 0. The number of aryl methyl sites for hydroxylation is 1. The first-order valence-corrected chi connectivity index (χ1v) is 6.16. The van der Waals surface area contributed by atoms with Gasteiger partial charge in [-0.25, -0.2) is 0 Å². The minimum atomic E-state index is 0.0710. The molecule has 1 heterocycles. The highest BCUT2D eigenvalue weighted by Gasteiger charge is 2.09. The van der Waals surface area contributed by atoms with E-state index in [9.17, 15) is 5.11 Å². The Morgan fingerprint density at radius 3 is 2.72 bits per heavy atom. The zero-order valence-electron chi connectivity index (χ0n) is 10.6. The summed E-state index contributed by atoms with van der Waals surface area (Å²) in [6, 6.07) is 10.3. The number of aliphatic hydroxyl groups excluding tert-OH is 1. The van der Waals surface area contributed by atoms with Gasteiger partial charge < -0.3 is 10.4 Å². The van der Waals surface area contributed by atoms with E-state index in [-0.39, 0.29) is 12.6 Å². The van der Waals surface area contributed by atoms with E-state index in [4.69, 9.17) is 0 Å². The van der Waals surface area contributed by atoms with Crippen molar-refractivity contribution >= 4 is 0 Å². The van der Waals surface area contributed by atoms with Crippen LogP contribution in [0.5, 0.6) is 0 Å². The Morgan fingerprint density at radius 1 is 1.33 bits per heavy atom. The molecule has 0 aliphatic rings. The van der Waals surface area contributed by atoms with Crippen LogP contribution in [0.1, 0.15) is 16.8 Å². The van der Waals surface area contributed by atoms with Gasteiger partial charge in [0.25, 0.3) is 0 Å². The second-order valence-electron chi connectivity index (χ2n) is 4.47. The summed E-state index contributed by atoms with van der Waals surface area (Å²) < 4.78 is 0. The summed E-state index contributed by atoms with van der Waals surface area (Å²) in [5, 5.41) is 19.6. The molecule has 3 N–H and O–H groups in total. The molecule has 2 aromatic rings. The Morgan fingerprint density at radius 2 is 2.11 bits per heavy atom. The third kappa shape index (κ3) is 3.42. The van der Waals surface area contributed by atoms with Gasteiger partial charge in [-0.1, -0.05) is 30.3 Å². The third-order valence-electron chi connectivity index (χ3n) is 3.06. The molecule has 1 aromatic heterocycles. The summed E-state index contributed by atoms with van der Waals surface area (Å²) >= 11 is 0. The highest BCUT2D eigenvalue weighted by atomic mass is 16.3. The number of aromatic amines is 1. The van der Waals surface area contributed by atoms with Crippen LogP contribution in [0, 0.1) is 6.92 Å². The van der Waals surface area contributed by atoms with E-state index in [0.717, 1.165) is 24.2 Å². The van der Waals surface area contributed by atoms with Crippen molar-refractivity contribution in [1.29, 1.82) is 0 Å². The SMILES string of the molecule is Cc1[nH]ncc1CNC(CO)Cc1ccccc1. The molecular weight excluding hydrogens is 226 g/mol. The molecule has 1 aromatic carbocycles. The molecule has 0 amide bonds. The van der Waals surface area contributed by atoms with E-state index >= 15 is 0 Å². The lowest BCUT2D eigenvalue weighted by atomic mass is 10.1. The zero-order valence-corrected chi connectivity index (χ0v) is 10.6. The van der Waals surface area contributed by atoms with Gasteiger partial charge in [-0.2, -0.15) is 5.10 Å². The fourth-order valence-corrected chi connectivity index (χ4v) is 1.91. The quantitative estimate of drug-likeness (QED) is 0.721. The summed E-state index contributed by atoms with van der Waals surface area (Å²) in [5.74, 6) is 0. The maximum absolute atomic E-state index is 9.40. The first-order valence-electron chi connectivity index (χ1n) is 6.16. The van der Waals surface area contributed by atoms with Gasteiger partial charge in [0.2, 0.25) is 0 Å². The van der Waals surface area contributed by atoms with Crippen LogP contribution >= 0.6 is 0 Å². The predicted molar refractivity (Wildman–Crippen MR) is 71.2 cm³/mol. The fourth-order valence-electron chi connectivity index (χ4n) is 1.91. The van der Waals surface area contributed by atoms with Gasteiger partial charge in [-0.3, -0.25) is 5.10 Å². The van der Waals surface area contributed by atoms with Crippen LogP contribution in [-0.2, 0) is 13.0 Å². The smallest absolute Gasteiger partial charge is 0.0587 e. The van der Waals surface area contributed by atoms with Gasteiger partial charge in [0.15, 0.2) is 0 Å². The monoisotopic (exact) mass is 245 g/mol. The summed E-state index contributed by atoms with van der Waals surface area (Å²) in [4.78, 5) is 0. The Bertz CT molecular complexity index is 467. The minimum Gasteiger partial charge on any atom is -0.395 e. The Hall–Kier alpha value is -1.65. The molecule has 0 bridgehead atoms. The van der Waals surface area contributed by atoms with E-state index < -0.39 is 0 Å². The molecule has 1 atom stereocenters. The Labute approximate surface area is 107 Å². The van der Waals surface area contributed by atoms with Crippen LogP contribution in [0.3, 0.4) is 0 Å². The first-order chi connectivity index (χ1) is 8.79. The molecule has 18 heavy (non-hydrogen) atoms. The lowest BCUT2D eigenvalue weighted by molar-refractivity contribution is 0.240. The number of benzene rings is 1. The van der Waals surface area contributed by atoms with Gasteiger partial charge in [0, 0.05) is 23.8 Å². The molecular formula is C14H19N3O. The summed E-state index contributed by atoms with van der Waals surface area (Å²) in [6.45, 7) is 2.85. The standard InChI is InChI=1S/C14H19N3O/c1-11-13(9-16-17-11)8-15-14(10-18)7-12-5-3-2-4-6-12/h2-6,9,14-15,18H,7-8,10H2,1H3,(H,16,17). The van der Waals surface area contributed by atoms with Gasteiger partial charge in [-0.15, -0.1) is 0 Å². The van der Waals surface area contributed by atoms with Gasteiger partial charge >= 0.3 is 0 Å². The fraction of sp³-hybridized carbons (Fsp3) is 0.357. The van der Waals surface area contributed by atoms with Crippen LogP contribution in [0.2, 0.25) is 0 Å². The van der Waals surface area contributed by atoms with Crippen molar-refractivity contribution in [3.05, 3.63) is 53.3 Å². The molecule has 1 unspecified atom stereocenters. The topological polar surface area (TPSA) is 60.9 Å². The van der Waals surface area contributed by atoms with Crippen LogP contribution in [0.25, 0.3) is 0 Å². The molecule has 0 saturated carbocycles. The molecule has 0 radical (unpaired) electrons. The molecule has 0 aliphatic carbocycles. The normalized spacial score (nSPS) is 12.6. The number of rotatable bonds is 6. The second-order valence-corrected chi connectivity index (χ2v) is 4.47. The Balaban J connectivity index is 1.88. The number of aliphatic hydroxyl groups is 1. The number of hydrogen-bond donors (Lipinski definition) is 3. The maximum Gasteiger partial charge on any atom is 0.0587 e. The first kappa shape index (κ1) is 12.8. The lowest BCUT2D eigenvalue weighted by Crippen LogP contribution is -2.34. The number of aromatic nitrogens is 2. The molecule has 2 rings (SSSR count). The Kier molecular flexibility index (Phi) is 4.50. The van der Waals surface area contributed by atoms with Gasteiger partial charge in [0.1, 0.15) is 0 Å². The number of hydrogen-bond acceptors (Lipinski definition) is 3. The molecule has 0 spiro atoms. The van der Waals surface area contributed by atoms with Crippen molar-refractivity contribution in [3.8, 4) is 0 Å². The molecule has 96 valence electrons. The van der Waals surface area contributed by atoms with E-state index in [1.54, 1.807) is 0 Å². The highest BCUT2D eigenvalue weighted by molar-refractivity contribution is 5.17. The summed E-state index contributed by atoms with van der Waals surface area (Å²) in [6.07, 6.45) is 2.65. The van der Waals surface area contributed by atoms with Gasteiger partial charge in [-0.05, 0) is 18.9 Å². The van der Waals surface area contributed by atoms with Crippen LogP contribution in [0.4, 0.5) is 0 Å². The molecule has 0 aliphatic heterocycles. The van der Waals surface area contributed by atoms with E-state index in [2.05, 4.69) is 27.6 Å². The van der Waals surface area contributed by atoms with Crippen LogP contribution in [0.15, 0.2) is 36.5 Å². The van der Waals surface area contributed by atoms with Crippen LogP contribution < -0.4 is 5.32 Å². The second kappa shape index (κ2) is 6.33. The number of nitrogens with one attached hydrogen (secondary N) is 2. The van der Waals surface area contributed by atoms with Crippen molar-refractivity contribution in [1.82, 2.24) is 15.5 Å². The summed E-state index contributed by atoms with van der Waals surface area (Å²) in [5.41, 5.74) is 3.44. The number of nitrogens with zero attached hydrogens (tertiary/aromatic N) is 1. The van der Waals surface area contributed by atoms with Gasteiger partial charge in [0.05, 0.1) is 12.8 Å². The number of H-pyrrole nitrogens is 1. The molecule has 4 nitrogen and oxygen atoms in total. The van der Waals surface area contributed by atoms with E-state index in [0.29, 0.717) is 0 Å². The minimum absolute atomic E-state index is 0.0710.